The van der Waals surface area contributed by atoms with Crippen molar-refractivity contribution in [3.8, 4) is 0 Å². The number of nitrogens with zero attached hydrogens (tertiary/aromatic N) is 2. The van der Waals surface area contributed by atoms with Crippen LogP contribution >= 0.6 is 0 Å². The number of nitrogens with one attached hydrogen (secondary N) is 2. The molecular formula is C21H36N4O. The number of likely N-dealkylation sites (tertiary alicyclic amines) is 1. The summed E-state index contributed by atoms with van der Waals surface area (Å²) in [5, 5.41) is 6.67. The average Bonchev–Trinajstić information content (AvgIpc) is 2.63. The van der Waals surface area contributed by atoms with E-state index in [1.54, 1.807) is 14.2 Å². The first-order valence-electron chi connectivity index (χ1n) is 9.71. The van der Waals surface area contributed by atoms with Crippen molar-refractivity contribution in [2.24, 2.45) is 10.9 Å². The van der Waals surface area contributed by atoms with Crippen LogP contribution < -0.4 is 10.6 Å². The lowest BCUT2D eigenvalue weighted by Gasteiger charge is -2.30. The lowest BCUT2D eigenvalue weighted by molar-refractivity contribution is 0.0268. The van der Waals surface area contributed by atoms with E-state index in [1.165, 1.54) is 37.1 Å². The van der Waals surface area contributed by atoms with E-state index in [2.05, 4.69) is 65.6 Å². The quantitative estimate of drug-likeness (QED) is 0.580. The Balaban J connectivity index is 1.79. The van der Waals surface area contributed by atoms with Gasteiger partial charge in [-0.1, -0.05) is 31.2 Å². The minimum Gasteiger partial charge on any atom is -0.377 e. The molecule has 0 amide bonds. The molecule has 26 heavy (non-hydrogen) atoms. The van der Waals surface area contributed by atoms with Gasteiger partial charge < -0.3 is 15.4 Å². The highest BCUT2D eigenvalue weighted by molar-refractivity contribution is 5.79. The predicted octanol–water partition coefficient (Wildman–Crippen LogP) is 3.01. The molecule has 0 radical (unpaired) electrons. The molecule has 1 aliphatic heterocycles. The summed E-state index contributed by atoms with van der Waals surface area (Å²) in [6, 6.07) is 8.92. The summed E-state index contributed by atoms with van der Waals surface area (Å²) in [6.45, 7) is 11.4. The van der Waals surface area contributed by atoms with Crippen LogP contribution in [0.15, 0.2) is 29.3 Å². The number of aliphatic imine (C=N–C) groups is 1. The Bertz CT molecular complexity index is 568. The second kappa shape index (κ2) is 9.93. The summed E-state index contributed by atoms with van der Waals surface area (Å²) in [5.74, 6) is 1.62. The molecule has 2 rings (SSSR count). The summed E-state index contributed by atoms with van der Waals surface area (Å²) in [6.07, 6.45) is 2.70. The molecule has 1 saturated heterocycles. The molecular weight excluding hydrogens is 324 g/mol. The van der Waals surface area contributed by atoms with Gasteiger partial charge in [0.25, 0.3) is 0 Å². The SMILES string of the molecule is CN=C(NCc1ccc(CN2CCCC(C)C2)cc1)NCC(C)(C)OC. The normalized spacial score (nSPS) is 19.4. The highest BCUT2D eigenvalue weighted by atomic mass is 16.5. The van der Waals surface area contributed by atoms with Crippen molar-refractivity contribution in [1.29, 1.82) is 0 Å². The highest BCUT2D eigenvalue weighted by Gasteiger charge is 2.17. The smallest absolute Gasteiger partial charge is 0.191 e. The lowest BCUT2D eigenvalue weighted by atomic mass is 9.99. The zero-order valence-electron chi connectivity index (χ0n) is 17.1. The molecule has 0 saturated carbocycles. The molecule has 1 atom stereocenters. The first kappa shape index (κ1) is 20.7. The predicted molar refractivity (Wildman–Crippen MR) is 109 cm³/mol. The summed E-state index contributed by atoms with van der Waals surface area (Å²) >= 11 is 0. The van der Waals surface area contributed by atoms with Gasteiger partial charge in [0.05, 0.1) is 5.60 Å². The third kappa shape index (κ3) is 6.96. The number of methoxy groups -OCH3 is 1. The molecule has 5 nitrogen and oxygen atoms in total. The van der Waals surface area contributed by atoms with Gasteiger partial charge in [-0.3, -0.25) is 9.89 Å². The molecule has 1 aromatic rings. The standard InChI is InChI=1S/C21H36N4O/c1-17-7-6-12-25(14-17)15-19-10-8-18(9-11-19)13-23-20(22-4)24-16-21(2,3)26-5/h8-11,17H,6-7,12-16H2,1-5H3,(H2,22,23,24). The van der Waals surface area contributed by atoms with Crippen LogP contribution in [0.1, 0.15) is 44.7 Å². The van der Waals surface area contributed by atoms with Crippen LogP contribution in [-0.4, -0.2) is 50.3 Å². The number of ether oxygens (including phenoxy) is 1. The zero-order valence-corrected chi connectivity index (χ0v) is 17.1. The van der Waals surface area contributed by atoms with Crippen molar-refractivity contribution in [1.82, 2.24) is 15.5 Å². The fourth-order valence-corrected chi connectivity index (χ4v) is 3.23. The van der Waals surface area contributed by atoms with Crippen molar-refractivity contribution >= 4 is 5.96 Å². The van der Waals surface area contributed by atoms with Crippen molar-refractivity contribution in [3.63, 3.8) is 0 Å². The number of hydrogen-bond acceptors (Lipinski definition) is 3. The molecule has 0 aromatic heterocycles. The van der Waals surface area contributed by atoms with Gasteiger partial charge in [-0.05, 0) is 50.3 Å². The van der Waals surface area contributed by atoms with Crippen molar-refractivity contribution in [2.75, 3.05) is 33.8 Å². The highest BCUT2D eigenvalue weighted by Crippen LogP contribution is 2.18. The summed E-state index contributed by atoms with van der Waals surface area (Å²) < 4.78 is 5.43. The maximum atomic E-state index is 5.43. The fourth-order valence-electron chi connectivity index (χ4n) is 3.23. The van der Waals surface area contributed by atoms with Crippen molar-refractivity contribution < 1.29 is 4.74 Å². The molecule has 0 spiro atoms. The van der Waals surface area contributed by atoms with Gasteiger partial charge >= 0.3 is 0 Å². The average molecular weight is 361 g/mol. The number of guanidine groups is 1. The van der Waals surface area contributed by atoms with E-state index in [4.69, 9.17) is 4.74 Å². The Morgan fingerprint density at radius 1 is 1.23 bits per heavy atom. The molecule has 1 aliphatic rings. The maximum absolute atomic E-state index is 5.43. The molecule has 146 valence electrons. The molecule has 0 bridgehead atoms. The van der Waals surface area contributed by atoms with E-state index >= 15 is 0 Å². The van der Waals surface area contributed by atoms with E-state index in [1.807, 2.05) is 0 Å². The summed E-state index contributed by atoms with van der Waals surface area (Å²) in [4.78, 5) is 6.85. The van der Waals surface area contributed by atoms with Gasteiger partial charge in [0.2, 0.25) is 0 Å². The van der Waals surface area contributed by atoms with Crippen LogP contribution in [0.2, 0.25) is 0 Å². The van der Waals surface area contributed by atoms with Crippen LogP contribution in [-0.2, 0) is 17.8 Å². The molecule has 1 fully saturated rings. The largest absolute Gasteiger partial charge is 0.377 e. The Kier molecular flexibility index (Phi) is 7.91. The monoisotopic (exact) mass is 360 g/mol. The molecule has 1 aromatic carbocycles. The minimum absolute atomic E-state index is 0.217. The van der Waals surface area contributed by atoms with Gasteiger partial charge in [-0.2, -0.15) is 0 Å². The van der Waals surface area contributed by atoms with Crippen LogP contribution in [0, 0.1) is 5.92 Å². The van der Waals surface area contributed by atoms with E-state index in [9.17, 15) is 0 Å². The van der Waals surface area contributed by atoms with Gasteiger partial charge in [0, 0.05) is 40.3 Å². The fraction of sp³-hybridized carbons (Fsp3) is 0.667. The first-order chi connectivity index (χ1) is 12.4. The first-order valence-corrected chi connectivity index (χ1v) is 9.71. The maximum Gasteiger partial charge on any atom is 0.191 e. The van der Waals surface area contributed by atoms with Crippen LogP contribution in [0.4, 0.5) is 0 Å². The zero-order chi connectivity index (χ0) is 19.0. The Morgan fingerprint density at radius 2 is 1.92 bits per heavy atom. The number of hydrogen-bond donors (Lipinski definition) is 2. The Morgan fingerprint density at radius 3 is 2.54 bits per heavy atom. The van der Waals surface area contributed by atoms with Crippen molar-refractivity contribution in [2.45, 2.75) is 52.3 Å². The van der Waals surface area contributed by atoms with Crippen LogP contribution in [0.3, 0.4) is 0 Å². The topological polar surface area (TPSA) is 48.9 Å². The van der Waals surface area contributed by atoms with Gasteiger partial charge in [-0.25, -0.2) is 0 Å². The van der Waals surface area contributed by atoms with E-state index in [0.717, 1.165) is 25.0 Å². The van der Waals surface area contributed by atoms with E-state index in [0.29, 0.717) is 6.54 Å². The van der Waals surface area contributed by atoms with Crippen LogP contribution in [0.25, 0.3) is 0 Å². The second-order valence-electron chi connectivity index (χ2n) is 8.04. The number of benzene rings is 1. The summed E-state index contributed by atoms with van der Waals surface area (Å²) in [5.41, 5.74) is 2.44. The van der Waals surface area contributed by atoms with Crippen LogP contribution in [0.5, 0.6) is 0 Å². The lowest BCUT2D eigenvalue weighted by Crippen LogP contribution is -2.45. The third-order valence-electron chi connectivity index (χ3n) is 5.09. The van der Waals surface area contributed by atoms with Crippen molar-refractivity contribution in [3.05, 3.63) is 35.4 Å². The number of rotatable bonds is 7. The number of piperidine rings is 1. The molecule has 1 heterocycles. The molecule has 2 N–H and O–H groups in total. The molecule has 0 aliphatic carbocycles. The third-order valence-corrected chi connectivity index (χ3v) is 5.09. The second-order valence-corrected chi connectivity index (χ2v) is 8.04. The molecule has 5 heteroatoms. The molecule has 1 unspecified atom stereocenters. The van der Waals surface area contributed by atoms with Gasteiger partial charge in [-0.15, -0.1) is 0 Å². The van der Waals surface area contributed by atoms with E-state index in [-0.39, 0.29) is 5.60 Å². The van der Waals surface area contributed by atoms with Gasteiger partial charge in [0.1, 0.15) is 0 Å². The Labute approximate surface area is 159 Å². The summed E-state index contributed by atoms with van der Waals surface area (Å²) in [7, 11) is 3.52. The Hall–Kier alpha value is -1.59. The van der Waals surface area contributed by atoms with Gasteiger partial charge in [0.15, 0.2) is 5.96 Å². The minimum atomic E-state index is -0.217. The van der Waals surface area contributed by atoms with E-state index < -0.39 is 0 Å².